The molecule has 0 aliphatic heterocycles. The first kappa shape index (κ1) is 12.7. The maximum absolute atomic E-state index is 13.3. The number of benzene rings is 2. The maximum Gasteiger partial charge on any atom is 0.336 e. The Kier molecular flexibility index (Phi) is 3.24. The molecule has 0 spiro atoms. The van der Waals surface area contributed by atoms with E-state index in [0.717, 1.165) is 18.2 Å². The van der Waals surface area contributed by atoms with Gasteiger partial charge in [-0.3, -0.25) is 10.1 Å². The monoisotopic (exact) mass is 261 g/mol. The van der Waals surface area contributed by atoms with Crippen molar-refractivity contribution in [2.24, 2.45) is 0 Å². The molecule has 0 amide bonds. The minimum atomic E-state index is -1.23. The van der Waals surface area contributed by atoms with Gasteiger partial charge in [0.25, 0.3) is 5.69 Å². The number of hydrogen-bond acceptors (Lipinski definition) is 3. The van der Waals surface area contributed by atoms with E-state index in [4.69, 9.17) is 5.11 Å². The Morgan fingerprint density at radius 2 is 1.84 bits per heavy atom. The Bertz CT molecular complexity index is 669. The van der Waals surface area contributed by atoms with Crippen LogP contribution in [0.5, 0.6) is 0 Å². The quantitative estimate of drug-likeness (QED) is 0.680. The summed E-state index contributed by atoms with van der Waals surface area (Å²) in [6.45, 7) is 0. The van der Waals surface area contributed by atoms with Crippen molar-refractivity contribution in [3.05, 3.63) is 64.0 Å². The number of aromatic carboxylic acids is 1. The van der Waals surface area contributed by atoms with Crippen molar-refractivity contribution in [1.29, 1.82) is 0 Å². The van der Waals surface area contributed by atoms with E-state index in [9.17, 15) is 19.3 Å². The Morgan fingerprint density at radius 1 is 1.16 bits per heavy atom. The number of carboxylic acids is 1. The van der Waals surface area contributed by atoms with Gasteiger partial charge in [-0.15, -0.1) is 0 Å². The van der Waals surface area contributed by atoms with Crippen molar-refractivity contribution < 1.29 is 19.2 Å². The molecule has 0 fully saturated rings. The average Bonchev–Trinajstić information content (AvgIpc) is 2.38. The van der Waals surface area contributed by atoms with Gasteiger partial charge in [0, 0.05) is 11.6 Å². The number of nitro groups is 1. The number of nitro benzene ring substituents is 1. The molecule has 2 aromatic carbocycles. The van der Waals surface area contributed by atoms with Gasteiger partial charge in [-0.25, -0.2) is 9.18 Å². The second kappa shape index (κ2) is 4.85. The lowest BCUT2D eigenvalue weighted by Crippen LogP contribution is -2.01. The van der Waals surface area contributed by atoms with Gasteiger partial charge in [-0.2, -0.15) is 0 Å². The third-order valence-corrected chi connectivity index (χ3v) is 2.60. The lowest BCUT2D eigenvalue weighted by Gasteiger charge is -2.07. The highest BCUT2D eigenvalue weighted by Gasteiger charge is 2.20. The van der Waals surface area contributed by atoms with Gasteiger partial charge in [0.15, 0.2) is 0 Å². The maximum atomic E-state index is 13.3. The smallest absolute Gasteiger partial charge is 0.336 e. The molecule has 2 rings (SSSR count). The summed E-state index contributed by atoms with van der Waals surface area (Å²) in [5, 5.41) is 20.0. The average molecular weight is 261 g/mol. The fourth-order valence-corrected chi connectivity index (χ4v) is 1.79. The molecule has 0 bridgehead atoms. The molecule has 0 aliphatic carbocycles. The summed E-state index contributed by atoms with van der Waals surface area (Å²) in [4.78, 5) is 21.3. The second-order valence-electron chi connectivity index (χ2n) is 3.77. The van der Waals surface area contributed by atoms with Crippen LogP contribution in [0.4, 0.5) is 10.1 Å². The number of carboxylic acid groups (broad SMARTS) is 1. The summed E-state index contributed by atoms with van der Waals surface area (Å²) in [5.74, 6) is -1.89. The van der Waals surface area contributed by atoms with Gasteiger partial charge in [0.2, 0.25) is 0 Å². The first-order valence-electron chi connectivity index (χ1n) is 5.27. The van der Waals surface area contributed by atoms with E-state index in [1.807, 2.05) is 0 Å². The number of halogens is 1. The van der Waals surface area contributed by atoms with Crippen LogP contribution in [-0.4, -0.2) is 16.0 Å². The molecule has 0 aliphatic rings. The zero-order valence-electron chi connectivity index (χ0n) is 9.54. The van der Waals surface area contributed by atoms with E-state index in [2.05, 4.69) is 0 Å². The summed E-state index contributed by atoms with van der Waals surface area (Å²) in [7, 11) is 0. The molecular weight excluding hydrogens is 253 g/mol. The summed E-state index contributed by atoms with van der Waals surface area (Å²) >= 11 is 0. The zero-order chi connectivity index (χ0) is 14.0. The molecule has 0 radical (unpaired) electrons. The SMILES string of the molecule is O=C(O)c1ccccc1-c1cc(F)ccc1[N+](=O)[O-]. The summed E-state index contributed by atoms with van der Waals surface area (Å²) < 4.78 is 13.3. The largest absolute Gasteiger partial charge is 0.478 e. The Hall–Kier alpha value is -2.76. The summed E-state index contributed by atoms with van der Waals surface area (Å²) in [5.41, 5.74) is -0.393. The molecule has 0 heterocycles. The summed E-state index contributed by atoms with van der Waals surface area (Å²) in [6, 6.07) is 8.69. The zero-order valence-corrected chi connectivity index (χ0v) is 9.54. The second-order valence-corrected chi connectivity index (χ2v) is 3.77. The van der Waals surface area contributed by atoms with Crippen LogP contribution in [0.2, 0.25) is 0 Å². The standard InChI is InChI=1S/C13H8FNO4/c14-8-5-6-12(15(18)19)11(7-8)9-3-1-2-4-10(9)13(16)17/h1-7H,(H,16,17). The van der Waals surface area contributed by atoms with Crippen molar-refractivity contribution in [3.8, 4) is 11.1 Å². The minimum absolute atomic E-state index is 0.0528. The Morgan fingerprint density at radius 3 is 2.47 bits per heavy atom. The molecule has 0 saturated carbocycles. The number of hydrogen-bond donors (Lipinski definition) is 1. The van der Waals surface area contributed by atoms with Crippen LogP contribution in [0.15, 0.2) is 42.5 Å². The molecular formula is C13H8FNO4. The van der Waals surface area contributed by atoms with Crippen molar-refractivity contribution in [2.75, 3.05) is 0 Å². The van der Waals surface area contributed by atoms with E-state index in [1.54, 1.807) is 0 Å². The van der Waals surface area contributed by atoms with E-state index in [1.165, 1.54) is 24.3 Å². The van der Waals surface area contributed by atoms with Gasteiger partial charge in [0.1, 0.15) is 5.82 Å². The van der Waals surface area contributed by atoms with Crippen LogP contribution in [0.25, 0.3) is 11.1 Å². The van der Waals surface area contributed by atoms with Crippen LogP contribution in [-0.2, 0) is 0 Å². The topological polar surface area (TPSA) is 80.4 Å². The van der Waals surface area contributed by atoms with Crippen molar-refractivity contribution >= 4 is 11.7 Å². The molecule has 96 valence electrons. The van der Waals surface area contributed by atoms with Crippen molar-refractivity contribution in [3.63, 3.8) is 0 Å². The lowest BCUT2D eigenvalue weighted by atomic mass is 9.98. The van der Waals surface area contributed by atoms with Crippen LogP contribution >= 0.6 is 0 Å². The van der Waals surface area contributed by atoms with Crippen molar-refractivity contribution in [2.45, 2.75) is 0 Å². The molecule has 0 atom stereocenters. The van der Waals surface area contributed by atoms with E-state index < -0.39 is 16.7 Å². The molecule has 0 saturated heterocycles. The third kappa shape index (κ3) is 2.42. The highest BCUT2D eigenvalue weighted by Crippen LogP contribution is 2.32. The Balaban J connectivity index is 2.75. The van der Waals surface area contributed by atoms with Crippen LogP contribution in [0.3, 0.4) is 0 Å². The molecule has 1 N–H and O–H groups in total. The van der Waals surface area contributed by atoms with Crippen LogP contribution in [0, 0.1) is 15.9 Å². The molecule has 2 aromatic rings. The van der Waals surface area contributed by atoms with Gasteiger partial charge >= 0.3 is 5.97 Å². The van der Waals surface area contributed by atoms with Gasteiger partial charge in [-0.05, 0) is 18.2 Å². The molecule has 19 heavy (non-hydrogen) atoms. The fourth-order valence-electron chi connectivity index (χ4n) is 1.79. The molecule has 6 heteroatoms. The minimum Gasteiger partial charge on any atom is -0.478 e. The highest BCUT2D eigenvalue weighted by molar-refractivity contribution is 5.97. The fraction of sp³-hybridized carbons (Fsp3) is 0. The molecule has 0 unspecified atom stereocenters. The first-order valence-corrected chi connectivity index (χ1v) is 5.27. The first-order chi connectivity index (χ1) is 9.00. The van der Waals surface area contributed by atoms with Gasteiger partial charge in [0.05, 0.1) is 16.1 Å². The molecule has 0 aromatic heterocycles. The number of nitrogens with zero attached hydrogens (tertiary/aromatic N) is 1. The van der Waals surface area contributed by atoms with Gasteiger partial charge < -0.3 is 5.11 Å². The Labute approximate surface area is 107 Å². The number of carbonyl (C=O) groups is 1. The third-order valence-electron chi connectivity index (χ3n) is 2.60. The highest BCUT2D eigenvalue weighted by atomic mass is 19.1. The van der Waals surface area contributed by atoms with E-state index in [0.29, 0.717) is 0 Å². The molecule has 5 nitrogen and oxygen atoms in total. The van der Waals surface area contributed by atoms with Crippen LogP contribution < -0.4 is 0 Å². The van der Waals surface area contributed by atoms with E-state index in [-0.39, 0.29) is 22.4 Å². The lowest BCUT2D eigenvalue weighted by molar-refractivity contribution is -0.384. The predicted molar refractivity (Wildman–Crippen MR) is 65.4 cm³/mol. The van der Waals surface area contributed by atoms with Gasteiger partial charge in [-0.1, -0.05) is 18.2 Å². The van der Waals surface area contributed by atoms with Crippen molar-refractivity contribution in [1.82, 2.24) is 0 Å². The van der Waals surface area contributed by atoms with E-state index >= 15 is 0 Å². The predicted octanol–water partition coefficient (Wildman–Crippen LogP) is 3.10. The number of rotatable bonds is 3. The van der Waals surface area contributed by atoms with Crippen LogP contribution in [0.1, 0.15) is 10.4 Å². The summed E-state index contributed by atoms with van der Waals surface area (Å²) in [6.07, 6.45) is 0. The normalized spacial score (nSPS) is 10.2.